The van der Waals surface area contributed by atoms with Crippen molar-refractivity contribution in [2.45, 2.75) is 55.5 Å². The van der Waals surface area contributed by atoms with Crippen molar-refractivity contribution in [1.82, 2.24) is 5.32 Å². The number of halogens is 1. The molecule has 0 amide bonds. The van der Waals surface area contributed by atoms with E-state index in [4.69, 9.17) is 0 Å². The van der Waals surface area contributed by atoms with Crippen LogP contribution in [-0.4, -0.2) is 5.54 Å². The fourth-order valence-electron chi connectivity index (χ4n) is 5.90. The summed E-state index contributed by atoms with van der Waals surface area (Å²) < 4.78 is 0. The normalized spacial score (nSPS) is 33.1. The predicted octanol–water partition coefficient (Wildman–Crippen LogP) is 6.92. The van der Waals surface area contributed by atoms with Gasteiger partial charge in [-0.15, -0.1) is 11.3 Å². The molecule has 25 heavy (non-hydrogen) atoms. The van der Waals surface area contributed by atoms with Crippen LogP contribution >= 0.6 is 41.5 Å². The molecule has 2 aromatic rings. The van der Waals surface area contributed by atoms with Gasteiger partial charge in [0, 0.05) is 47.9 Å². The van der Waals surface area contributed by atoms with Gasteiger partial charge in [-0.3, -0.25) is 0 Å². The minimum absolute atomic E-state index is 0.470. The van der Waals surface area contributed by atoms with Gasteiger partial charge in [-0.05, 0) is 86.1 Å². The van der Waals surface area contributed by atoms with Gasteiger partial charge in [0.1, 0.15) is 0 Å². The predicted molar refractivity (Wildman–Crippen MR) is 117 cm³/mol. The second-order valence-corrected chi connectivity index (χ2v) is 11.5. The van der Waals surface area contributed by atoms with E-state index < -0.39 is 0 Å². The third-order valence-corrected chi connectivity index (χ3v) is 9.68. The zero-order valence-electron chi connectivity index (χ0n) is 14.3. The van der Waals surface area contributed by atoms with E-state index in [1.54, 1.807) is 8.93 Å². The van der Waals surface area contributed by atoms with Crippen LogP contribution in [0, 0.1) is 17.8 Å². The summed E-state index contributed by atoms with van der Waals surface area (Å²) in [6.45, 7) is 1.05. The number of rotatable bonds is 5. The molecule has 0 atom stereocenters. The van der Waals surface area contributed by atoms with Gasteiger partial charge in [-0.25, -0.2) is 0 Å². The van der Waals surface area contributed by atoms with Crippen molar-refractivity contribution >= 4 is 41.5 Å². The third-order valence-electron chi connectivity index (χ3n) is 6.57. The van der Waals surface area contributed by atoms with Gasteiger partial charge in [0.15, 0.2) is 0 Å². The van der Waals surface area contributed by atoms with E-state index in [0.29, 0.717) is 5.54 Å². The van der Waals surface area contributed by atoms with Gasteiger partial charge in [0.25, 0.3) is 0 Å². The highest BCUT2D eigenvalue weighted by atomic mass is 127. The van der Waals surface area contributed by atoms with Crippen molar-refractivity contribution in [3.63, 3.8) is 0 Å². The van der Waals surface area contributed by atoms with Crippen LogP contribution in [0.3, 0.4) is 0 Å². The Hall–Kier alpha value is -0.0400. The van der Waals surface area contributed by atoms with Crippen molar-refractivity contribution in [3.05, 3.63) is 41.3 Å². The largest absolute Gasteiger partial charge is 0.306 e. The lowest BCUT2D eigenvalue weighted by Gasteiger charge is -2.57. The fraction of sp³-hybridized carbons (Fsp3) is 0.524. The Morgan fingerprint density at radius 1 is 0.960 bits per heavy atom. The molecule has 1 aromatic carbocycles. The van der Waals surface area contributed by atoms with Gasteiger partial charge in [0.05, 0.1) is 0 Å². The SMILES string of the molecule is ISc1ccc(-c2ccc(CNC34CC5CC(CC(C5)C3)C4)s2)cc1. The summed E-state index contributed by atoms with van der Waals surface area (Å²) in [5.74, 6) is 3.06. The number of hydrogen-bond acceptors (Lipinski definition) is 3. The molecule has 1 heterocycles. The molecule has 4 fully saturated rings. The maximum atomic E-state index is 4.03. The molecule has 4 aliphatic rings. The summed E-state index contributed by atoms with van der Waals surface area (Å²) in [4.78, 5) is 4.20. The Morgan fingerprint density at radius 2 is 1.60 bits per heavy atom. The minimum atomic E-state index is 0.470. The molecule has 4 saturated carbocycles. The molecule has 6 rings (SSSR count). The summed E-state index contributed by atoms with van der Waals surface area (Å²) >= 11 is 4.30. The Balaban J connectivity index is 1.27. The van der Waals surface area contributed by atoms with E-state index in [9.17, 15) is 0 Å². The molecule has 0 unspecified atom stereocenters. The second-order valence-electron chi connectivity index (χ2n) is 8.42. The highest BCUT2D eigenvalue weighted by Crippen LogP contribution is 2.55. The maximum absolute atomic E-state index is 4.03. The van der Waals surface area contributed by atoms with E-state index in [-0.39, 0.29) is 0 Å². The summed E-state index contributed by atoms with van der Waals surface area (Å²) in [5, 5.41) is 4.03. The number of nitrogens with one attached hydrogen (secondary N) is 1. The van der Waals surface area contributed by atoms with Gasteiger partial charge < -0.3 is 5.32 Å². The van der Waals surface area contributed by atoms with Gasteiger partial charge in [-0.2, -0.15) is 0 Å². The first kappa shape index (κ1) is 17.1. The molecule has 4 heteroatoms. The highest BCUT2D eigenvalue weighted by molar-refractivity contribution is 14.2. The number of benzene rings is 1. The van der Waals surface area contributed by atoms with Crippen molar-refractivity contribution < 1.29 is 0 Å². The fourth-order valence-corrected chi connectivity index (χ4v) is 7.97. The smallest absolute Gasteiger partial charge is 0.0346 e. The van der Waals surface area contributed by atoms with Crippen LogP contribution in [0.15, 0.2) is 41.3 Å². The van der Waals surface area contributed by atoms with E-state index in [2.05, 4.69) is 62.9 Å². The second kappa shape index (κ2) is 6.84. The molecule has 4 bridgehead atoms. The van der Waals surface area contributed by atoms with Gasteiger partial charge in [0.2, 0.25) is 0 Å². The lowest BCUT2D eigenvalue weighted by molar-refractivity contribution is -0.0204. The van der Waals surface area contributed by atoms with Crippen molar-refractivity contribution in [3.8, 4) is 10.4 Å². The molecule has 0 radical (unpaired) electrons. The summed E-state index contributed by atoms with van der Waals surface area (Å²) in [5.41, 5.74) is 1.82. The minimum Gasteiger partial charge on any atom is -0.306 e. The molecule has 1 N–H and O–H groups in total. The molecule has 0 aliphatic heterocycles. The third kappa shape index (κ3) is 3.44. The van der Waals surface area contributed by atoms with Crippen molar-refractivity contribution in [2.24, 2.45) is 17.8 Å². The van der Waals surface area contributed by atoms with E-state index in [0.717, 1.165) is 24.3 Å². The zero-order valence-corrected chi connectivity index (χ0v) is 18.1. The lowest BCUT2D eigenvalue weighted by atomic mass is 9.53. The average molecular weight is 481 g/mol. The highest BCUT2D eigenvalue weighted by Gasteiger charge is 2.50. The van der Waals surface area contributed by atoms with Crippen LogP contribution in [0.25, 0.3) is 10.4 Å². The monoisotopic (exact) mass is 481 g/mol. The molecule has 0 saturated heterocycles. The standard InChI is InChI=1S/C21H24INS2/c22-25-18-3-1-17(2-4-18)20-6-5-19(24-20)13-23-21-10-14-7-15(11-21)9-16(8-14)12-21/h1-6,14-16,23H,7-13H2. The van der Waals surface area contributed by atoms with Crippen LogP contribution in [-0.2, 0) is 6.54 Å². The van der Waals surface area contributed by atoms with Gasteiger partial charge in [-0.1, -0.05) is 21.1 Å². The Labute approximate surface area is 171 Å². The van der Waals surface area contributed by atoms with Crippen LogP contribution in [0.2, 0.25) is 0 Å². The first-order valence-electron chi connectivity index (χ1n) is 9.44. The van der Waals surface area contributed by atoms with E-state index in [1.807, 2.05) is 11.3 Å². The average Bonchev–Trinajstić information content (AvgIpc) is 3.08. The Bertz CT molecular complexity index is 716. The van der Waals surface area contributed by atoms with Crippen LogP contribution in [0.5, 0.6) is 0 Å². The number of thiophene rings is 1. The molecule has 1 aromatic heterocycles. The molecule has 4 aliphatic carbocycles. The summed E-state index contributed by atoms with van der Waals surface area (Å²) in [7, 11) is 1.78. The van der Waals surface area contributed by atoms with E-state index in [1.165, 1.54) is 58.7 Å². The first-order valence-corrected chi connectivity index (χ1v) is 13.6. The first-order chi connectivity index (χ1) is 12.2. The molecule has 1 nitrogen and oxygen atoms in total. The Morgan fingerprint density at radius 3 is 2.20 bits per heavy atom. The summed E-state index contributed by atoms with van der Waals surface area (Å²) in [6.07, 6.45) is 8.88. The molecular formula is C21H24INS2. The Kier molecular flexibility index (Phi) is 4.68. The lowest BCUT2D eigenvalue weighted by Crippen LogP contribution is -2.58. The number of hydrogen-bond donors (Lipinski definition) is 1. The molecular weight excluding hydrogens is 457 g/mol. The quantitative estimate of drug-likeness (QED) is 0.466. The topological polar surface area (TPSA) is 12.0 Å². The van der Waals surface area contributed by atoms with Crippen LogP contribution in [0.1, 0.15) is 43.4 Å². The van der Waals surface area contributed by atoms with Crippen LogP contribution < -0.4 is 5.32 Å². The van der Waals surface area contributed by atoms with Gasteiger partial charge >= 0.3 is 0 Å². The van der Waals surface area contributed by atoms with Crippen molar-refractivity contribution in [1.29, 1.82) is 0 Å². The van der Waals surface area contributed by atoms with Crippen molar-refractivity contribution in [2.75, 3.05) is 0 Å². The summed E-state index contributed by atoms with van der Waals surface area (Å²) in [6, 6.07) is 13.6. The molecule has 0 spiro atoms. The zero-order chi connectivity index (χ0) is 16.9. The van der Waals surface area contributed by atoms with E-state index >= 15 is 0 Å². The molecule has 132 valence electrons. The van der Waals surface area contributed by atoms with Crippen LogP contribution in [0.4, 0.5) is 0 Å². The maximum Gasteiger partial charge on any atom is 0.0346 e.